The number of ether oxygens (including phenoxy) is 1. The lowest BCUT2D eigenvalue weighted by Gasteiger charge is -2.23. The van der Waals surface area contributed by atoms with Gasteiger partial charge in [-0.1, -0.05) is 37.3 Å². The van der Waals surface area contributed by atoms with Crippen molar-refractivity contribution < 1.29 is 14.3 Å². The van der Waals surface area contributed by atoms with E-state index in [0.717, 1.165) is 12.8 Å². The van der Waals surface area contributed by atoms with E-state index in [1.807, 2.05) is 49.9 Å². The minimum absolute atomic E-state index is 0.0493. The molecular weight excluding hydrogens is 450 g/mol. The Morgan fingerprint density at radius 3 is 2.56 bits per heavy atom. The Balaban J connectivity index is 1.66. The molecule has 1 N–H and O–H groups in total. The average Bonchev–Trinajstić information content (AvgIpc) is 3.48. The average molecular weight is 484 g/mol. The number of carbonyl (C=O) groups is 2. The number of benzene rings is 1. The van der Waals surface area contributed by atoms with Crippen LogP contribution in [0.25, 0.3) is 10.3 Å². The molecule has 0 unspecified atom stereocenters. The number of carbonyl (C=O) groups excluding carboxylic acids is 2. The van der Waals surface area contributed by atoms with Crippen LogP contribution >= 0.6 is 11.3 Å². The van der Waals surface area contributed by atoms with Crippen molar-refractivity contribution in [1.82, 2.24) is 19.7 Å². The highest BCUT2D eigenvalue weighted by Gasteiger charge is 2.34. The molecular formula is C25H33N5O3S. The fraction of sp³-hybridized carbons (Fsp3) is 0.520. The third-order valence-electron chi connectivity index (χ3n) is 6.12. The van der Waals surface area contributed by atoms with Gasteiger partial charge in [0.25, 0.3) is 11.8 Å². The summed E-state index contributed by atoms with van der Waals surface area (Å²) in [5.74, 6) is 0.0599. The van der Waals surface area contributed by atoms with E-state index in [1.54, 1.807) is 11.8 Å². The van der Waals surface area contributed by atoms with Crippen LogP contribution in [-0.4, -0.2) is 57.8 Å². The van der Waals surface area contributed by atoms with Gasteiger partial charge in [-0.05, 0) is 57.2 Å². The molecule has 2 aromatic heterocycles. The molecule has 0 bridgehead atoms. The second-order valence-corrected chi connectivity index (χ2v) is 11.1. The first-order chi connectivity index (χ1) is 16.1. The summed E-state index contributed by atoms with van der Waals surface area (Å²) in [6.07, 6.45) is 1.87. The quantitative estimate of drug-likeness (QED) is 0.540. The van der Waals surface area contributed by atoms with Gasteiger partial charge >= 0.3 is 0 Å². The van der Waals surface area contributed by atoms with E-state index in [-0.39, 0.29) is 23.4 Å². The third-order valence-corrected chi connectivity index (χ3v) is 7.09. The molecule has 182 valence electrons. The summed E-state index contributed by atoms with van der Waals surface area (Å²) in [6, 6.07) is 7.64. The number of fused-ring (bicyclic) bond motifs is 1. The van der Waals surface area contributed by atoms with Gasteiger partial charge in [0.05, 0.1) is 18.2 Å². The van der Waals surface area contributed by atoms with E-state index in [2.05, 4.69) is 29.2 Å². The molecule has 3 heterocycles. The van der Waals surface area contributed by atoms with Crippen LogP contribution in [-0.2, 0) is 10.3 Å². The summed E-state index contributed by atoms with van der Waals surface area (Å²) in [7, 11) is 1.65. The van der Waals surface area contributed by atoms with Gasteiger partial charge in [-0.3, -0.25) is 14.9 Å². The normalized spacial score (nSPS) is 16.6. The Labute approximate surface area is 204 Å². The molecule has 3 aromatic rings. The monoisotopic (exact) mass is 483 g/mol. The van der Waals surface area contributed by atoms with Gasteiger partial charge in [0.15, 0.2) is 16.5 Å². The predicted molar refractivity (Wildman–Crippen MR) is 135 cm³/mol. The topological polar surface area (TPSA) is 89.3 Å². The van der Waals surface area contributed by atoms with E-state index in [4.69, 9.17) is 4.74 Å². The smallest absolute Gasteiger partial charge is 0.276 e. The van der Waals surface area contributed by atoms with Crippen LogP contribution in [0.2, 0.25) is 0 Å². The molecule has 1 saturated heterocycles. The summed E-state index contributed by atoms with van der Waals surface area (Å²) in [5, 5.41) is 8.04. The van der Waals surface area contributed by atoms with E-state index in [1.165, 1.54) is 16.9 Å². The molecule has 1 fully saturated rings. The van der Waals surface area contributed by atoms with Crippen molar-refractivity contribution in [2.45, 2.75) is 65.0 Å². The zero-order valence-electron chi connectivity index (χ0n) is 20.7. The number of nitrogens with zero attached hydrogens (tertiary/aromatic N) is 4. The summed E-state index contributed by atoms with van der Waals surface area (Å²) in [6.45, 7) is 11.5. The van der Waals surface area contributed by atoms with Gasteiger partial charge in [-0.2, -0.15) is 10.1 Å². The fourth-order valence-electron chi connectivity index (χ4n) is 4.26. The minimum Gasteiger partial charge on any atom is -0.383 e. The predicted octanol–water partition coefficient (Wildman–Crippen LogP) is 4.87. The third kappa shape index (κ3) is 4.72. The molecule has 2 amide bonds. The highest BCUT2D eigenvalue weighted by molar-refractivity contribution is 7.22. The summed E-state index contributed by atoms with van der Waals surface area (Å²) in [4.78, 5) is 32.9. The standard InChI is InChI=1S/C25H33N5O3S/c1-15(2)16-9-11-17(12-10-16)22(31)27-24-26-21-20(34-24)19(28-30(21)25(3,4)5)23(32)29-13-7-8-18(29)14-33-6/h9-12,15,18H,7-8,13-14H2,1-6H3,(H,26,27,31)/t18-/m1/s1. The maximum atomic E-state index is 13.5. The van der Waals surface area contributed by atoms with Crippen LogP contribution in [0.15, 0.2) is 24.3 Å². The number of hydrogen-bond acceptors (Lipinski definition) is 6. The number of thiazole rings is 1. The van der Waals surface area contributed by atoms with Crippen molar-refractivity contribution in [1.29, 1.82) is 0 Å². The first-order valence-corrected chi connectivity index (χ1v) is 12.5. The Kier molecular flexibility index (Phi) is 6.78. The number of aromatic nitrogens is 3. The number of methoxy groups -OCH3 is 1. The van der Waals surface area contributed by atoms with Crippen LogP contribution < -0.4 is 5.32 Å². The van der Waals surface area contributed by atoms with Crippen molar-refractivity contribution in [3.63, 3.8) is 0 Å². The summed E-state index contributed by atoms with van der Waals surface area (Å²) < 4.78 is 7.79. The lowest BCUT2D eigenvalue weighted by molar-refractivity contribution is 0.0625. The second-order valence-electron chi connectivity index (χ2n) is 10.1. The molecule has 9 heteroatoms. The zero-order chi connectivity index (χ0) is 24.6. The van der Waals surface area contributed by atoms with Crippen molar-refractivity contribution in [3.8, 4) is 0 Å². The molecule has 8 nitrogen and oxygen atoms in total. The second kappa shape index (κ2) is 9.46. The van der Waals surface area contributed by atoms with E-state index >= 15 is 0 Å². The highest BCUT2D eigenvalue weighted by Crippen LogP contribution is 2.34. The van der Waals surface area contributed by atoms with Crippen molar-refractivity contribution in [3.05, 3.63) is 41.1 Å². The van der Waals surface area contributed by atoms with Gasteiger partial charge in [0.1, 0.15) is 4.70 Å². The summed E-state index contributed by atoms with van der Waals surface area (Å²) >= 11 is 1.29. The molecule has 4 rings (SSSR count). The molecule has 34 heavy (non-hydrogen) atoms. The van der Waals surface area contributed by atoms with Crippen LogP contribution in [0.5, 0.6) is 0 Å². The number of nitrogens with one attached hydrogen (secondary N) is 1. The molecule has 1 aromatic carbocycles. The molecule has 0 saturated carbocycles. The number of hydrogen-bond donors (Lipinski definition) is 1. The van der Waals surface area contributed by atoms with Gasteiger partial charge in [-0.15, -0.1) is 0 Å². The van der Waals surface area contributed by atoms with Crippen molar-refractivity contribution >= 4 is 38.6 Å². The largest absolute Gasteiger partial charge is 0.383 e. The molecule has 1 aliphatic heterocycles. The Morgan fingerprint density at radius 1 is 1.24 bits per heavy atom. The maximum Gasteiger partial charge on any atom is 0.276 e. The Bertz CT molecular complexity index is 1190. The van der Waals surface area contributed by atoms with Crippen LogP contribution in [0.3, 0.4) is 0 Å². The lowest BCUT2D eigenvalue weighted by Crippen LogP contribution is -2.38. The molecule has 0 aliphatic carbocycles. The van der Waals surface area contributed by atoms with Gasteiger partial charge < -0.3 is 9.64 Å². The Hall–Kier alpha value is -2.78. The molecule has 1 atom stereocenters. The van der Waals surface area contributed by atoms with Gasteiger partial charge in [0.2, 0.25) is 0 Å². The van der Waals surface area contributed by atoms with Crippen molar-refractivity contribution in [2.24, 2.45) is 0 Å². The molecule has 0 radical (unpaired) electrons. The van der Waals surface area contributed by atoms with Crippen molar-refractivity contribution in [2.75, 3.05) is 25.6 Å². The van der Waals surface area contributed by atoms with E-state index < -0.39 is 0 Å². The number of rotatable bonds is 6. The number of likely N-dealkylation sites (tertiary alicyclic amines) is 1. The first-order valence-electron chi connectivity index (χ1n) is 11.7. The molecule has 0 spiro atoms. The molecule has 1 aliphatic rings. The minimum atomic E-state index is -0.379. The van der Waals surface area contributed by atoms with E-state index in [9.17, 15) is 9.59 Å². The number of anilines is 1. The Morgan fingerprint density at radius 2 is 1.94 bits per heavy atom. The van der Waals surface area contributed by atoms with Gasteiger partial charge in [-0.25, -0.2) is 4.68 Å². The van der Waals surface area contributed by atoms with Crippen LogP contribution in [0.4, 0.5) is 5.13 Å². The summed E-state index contributed by atoms with van der Waals surface area (Å²) in [5.41, 5.74) is 2.35. The van der Waals surface area contributed by atoms with Crippen LogP contribution in [0, 0.1) is 0 Å². The highest BCUT2D eigenvalue weighted by atomic mass is 32.1. The SMILES string of the molecule is COC[C@H]1CCCN1C(=O)c1nn(C(C)(C)C)c2nc(NC(=O)c3ccc(C(C)C)cc3)sc12. The maximum absolute atomic E-state index is 13.5. The fourth-order valence-corrected chi connectivity index (χ4v) is 5.17. The lowest BCUT2D eigenvalue weighted by atomic mass is 10.0. The van der Waals surface area contributed by atoms with Crippen LogP contribution in [0.1, 0.15) is 79.8 Å². The van der Waals surface area contributed by atoms with E-state index in [0.29, 0.717) is 45.8 Å². The zero-order valence-corrected chi connectivity index (χ0v) is 21.5. The van der Waals surface area contributed by atoms with Gasteiger partial charge in [0, 0.05) is 19.2 Å². The number of amides is 2. The first kappa shape index (κ1) is 24.3.